The zero-order valence-corrected chi connectivity index (χ0v) is 17.0. The van der Waals surface area contributed by atoms with Crippen molar-refractivity contribution in [2.24, 2.45) is 0 Å². The number of ether oxygens (including phenoxy) is 1. The fraction of sp³-hybridized carbons (Fsp3) is 0.368. The number of hydrogen-bond acceptors (Lipinski definition) is 6. The molecule has 0 saturated carbocycles. The summed E-state index contributed by atoms with van der Waals surface area (Å²) in [6.07, 6.45) is 0.777. The number of nitrogens with zero attached hydrogens (tertiary/aromatic N) is 1. The van der Waals surface area contributed by atoms with E-state index in [4.69, 9.17) is 4.74 Å². The van der Waals surface area contributed by atoms with Crippen molar-refractivity contribution >= 4 is 40.0 Å². The van der Waals surface area contributed by atoms with Crippen LogP contribution in [0.5, 0.6) is 0 Å². The Morgan fingerprint density at radius 2 is 1.76 bits per heavy atom. The van der Waals surface area contributed by atoms with Gasteiger partial charge in [-0.25, -0.2) is 9.78 Å². The molecule has 2 rings (SSSR count). The zero-order valence-electron chi connectivity index (χ0n) is 16.2. The first-order valence-corrected chi connectivity index (χ1v) is 10.1. The number of thiazole rings is 1. The summed E-state index contributed by atoms with van der Waals surface area (Å²) >= 11 is 1.31. The molecule has 4 N–H and O–H groups in total. The van der Waals surface area contributed by atoms with Crippen LogP contribution in [0.3, 0.4) is 0 Å². The highest BCUT2D eigenvalue weighted by Crippen LogP contribution is 2.17. The molecule has 0 radical (unpaired) electrons. The summed E-state index contributed by atoms with van der Waals surface area (Å²) in [5.41, 5.74) is 1.43. The van der Waals surface area contributed by atoms with E-state index in [9.17, 15) is 14.4 Å². The van der Waals surface area contributed by atoms with Crippen LogP contribution in [-0.4, -0.2) is 49.1 Å². The van der Waals surface area contributed by atoms with Gasteiger partial charge in [-0.05, 0) is 18.6 Å². The van der Waals surface area contributed by atoms with Gasteiger partial charge in [-0.1, -0.05) is 18.2 Å². The SMILES string of the molecule is CC(=O)NCCOCCNC(=O)CCc1csc(NC(=O)Nc2ccccc2)n1. The maximum atomic E-state index is 12.0. The minimum absolute atomic E-state index is 0.0974. The molecule has 0 aliphatic rings. The normalized spacial score (nSPS) is 10.2. The van der Waals surface area contributed by atoms with Crippen LogP contribution < -0.4 is 21.3 Å². The topological polar surface area (TPSA) is 121 Å². The summed E-state index contributed by atoms with van der Waals surface area (Å²) < 4.78 is 5.29. The van der Waals surface area contributed by atoms with Crippen LogP contribution in [0.4, 0.5) is 15.6 Å². The number of benzene rings is 1. The van der Waals surface area contributed by atoms with Crippen molar-refractivity contribution < 1.29 is 19.1 Å². The summed E-state index contributed by atoms with van der Waals surface area (Å²) in [5.74, 6) is -0.195. The van der Waals surface area contributed by atoms with Crippen LogP contribution in [0, 0.1) is 0 Å². The number of rotatable bonds is 11. The molecule has 9 nitrogen and oxygen atoms in total. The fourth-order valence-electron chi connectivity index (χ4n) is 2.25. The molecule has 0 atom stereocenters. The fourth-order valence-corrected chi connectivity index (χ4v) is 2.99. The quantitative estimate of drug-likeness (QED) is 0.415. The number of nitrogens with one attached hydrogen (secondary N) is 4. The van der Waals surface area contributed by atoms with Crippen molar-refractivity contribution in [3.8, 4) is 0 Å². The largest absolute Gasteiger partial charge is 0.378 e. The van der Waals surface area contributed by atoms with Gasteiger partial charge in [0.1, 0.15) is 0 Å². The number of hydrogen-bond donors (Lipinski definition) is 4. The molecule has 0 aliphatic carbocycles. The molecule has 0 unspecified atom stereocenters. The van der Waals surface area contributed by atoms with E-state index in [2.05, 4.69) is 26.3 Å². The number of amides is 4. The Hall–Kier alpha value is -2.98. The molecule has 0 aliphatic heterocycles. The first kappa shape index (κ1) is 22.3. The Labute approximate surface area is 173 Å². The predicted molar refractivity (Wildman–Crippen MR) is 112 cm³/mol. The molecule has 1 aromatic heterocycles. The lowest BCUT2D eigenvalue weighted by Gasteiger charge is -2.06. The minimum Gasteiger partial charge on any atom is -0.378 e. The van der Waals surface area contributed by atoms with Crippen molar-refractivity contribution in [1.82, 2.24) is 15.6 Å². The Balaban J connectivity index is 1.59. The lowest BCUT2D eigenvalue weighted by molar-refractivity contribution is -0.121. The molecule has 2 aromatic rings. The number of aryl methyl sites for hydroxylation is 1. The van der Waals surface area contributed by atoms with Crippen LogP contribution in [-0.2, 0) is 20.7 Å². The number of carbonyl (C=O) groups is 3. The molecule has 4 amide bonds. The van der Waals surface area contributed by atoms with Gasteiger partial charge in [0.15, 0.2) is 5.13 Å². The van der Waals surface area contributed by atoms with Gasteiger partial charge in [0.05, 0.1) is 18.9 Å². The third-order valence-corrected chi connectivity index (χ3v) is 4.41. The summed E-state index contributed by atoms with van der Waals surface area (Å²) in [5, 5.41) is 13.1. The Bertz CT molecular complexity index is 797. The number of anilines is 2. The van der Waals surface area contributed by atoms with Gasteiger partial charge in [-0.2, -0.15) is 0 Å². The van der Waals surface area contributed by atoms with Crippen molar-refractivity contribution in [2.45, 2.75) is 19.8 Å². The second-order valence-electron chi connectivity index (χ2n) is 6.03. The lowest BCUT2D eigenvalue weighted by Crippen LogP contribution is -2.29. The summed E-state index contributed by atoms with van der Waals surface area (Å²) in [7, 11) is 0. The smallest absolute Gasteiger partial charge is 0.325 e. The van der Waals surface area contributed by atoms with Gasteiger partial charge in [0, 0.05) is 37.5 Å². The maximum absolute atomic E-state index is 12.0. The van der Waals surface area contributed by atoms with Crippen molar-refractivity contribution in [3.05, 3.63) is 41.4 Å². The average molecular weight is 420 g/mol. The molecule has 1 aromatic carbocycles. The molecule has 0 spiro atoms. The van der Waals surface area contributed by atoms with Gasteiger partial charge < -0.3 is 20.7 Å². The number of urea groups is 1. The van der Waals surface area contributed by atoms with Crippen LogP contribution in [0.2, 0.25) is 0 Å². The number of aromatic nitrogens is 1. The van der Waals surface area contributed by atoms with E-state index in [1.807, 2.05) is 23.6 Å². The molecule has 10 heteroatoms. The van der Waals surface area contributed by atoms with E-state index in [0.29, 0.717) is 50.0 Å². The van der Waals surface area contributed by atoms with Crippen LogP contribution in [0.15, 0.2) is 35.7 Å². The van der Waals surface area contributed by atoms with Crippen LogP contribution >= 0.6 is 11.3 Å². The van der Waals surface area contributed by atoms with Gasteiger partial charge >= 0.3 is 6.03 Å². The van der Waals surface area contributed by atoms with E-state index in [1.54, 1.807) is 12.1 Å². The highest BCUT2D eigenvalue weighted by molar-refractivity contribution is 7.13. The second-order valence-corrected chi connectivity index (χ2v) is 6.89. The summed E-state index contributed by atoms with van der Waals surface area (Å²) in [4.78, 5) is 38.8. The number of para-hydroxylation sites is 1. The maximum Gasteiger partial charge on any atom is 0.325 e. The third kappa shape index (κ3) is 9.67. The molecule has 0 saturated heterocycles. The number of carbonyl (C=O) groups excluding carboxylic acids is 3. The first-order chi connectivity index (χ1) is 14.0. The van der Waals surface area contributed by atoms with Crippen molar-refractivity contribution in [3.63, 3.8) is 0 Å². The van der Waals surface area contributed by atoms with Gasteiger partial charge in [0.2, 0.25) is 11.8 Å². The highest BCUT2D eigenvalue weighted by atomic mass is 32.1. The molecular weight excluding hydrogens is 394 g/mol. The first-order valence-electron chi connectivity index (χ1n) is 9.19. The van der Waals surface area contributed by atoms with Crippen LogP contribution in [0.1, 0.15) is 19.0 Å². The van der Waals surface area contributed by atoms with E-state index < -0.39 is 0 Å². The monoisotopic (exact) mass is 419 g/mol. The standard InChI is InChI=1S/C19H25N5O4S/c1-14(25)20-9-11-28-12-10-21-17(26)8-7-16-13-29-19(23-16)24-18(27)22-15-5-3-2-4-6-15/h2-6,13H,7-12H2,1H3,(H,20,25)(H,21,26)(H2,22,23,24,27). The Morgan fingerprint density at radius 1 is 1.03 bits per heavy atom. The molecular formula is C19H25N5O4S. The molecule has 29 heavy (non-hydrogen) atoms. The third-order valence-electron chi connectivity index (χ3n) is 3.60. The Morgan fingerprint density at radius 3 is 2.48 bits per heavy atom. The lowest BCUT2D eigenvalue weighted by atomic mass is 10.2. The van der Waals surface area contributed by atoms with E-state index in [-0.39, 0.29) is 17.8 Å². The van der Waals surface area contributed by atoms with Crippen LogP contribution in [0.25, 0.3) is 0 Å². The van der Waals surface area contributed by atoms with Crippen molar-refractivity contribution in [2.75, 3.05) is 36.9 Å². The predicted octanol–water partition coefficient (Wildman–Crippen LogP) is 1.99. The second kappa shape index (κ2) is 12.5. The Kier molecular flexibility index (Phi) is 9.60. The minimum atomic E-state index is -0.367. The van der Waals surface area contributed by atoms with Crippen molar-refractivity contribution in [1.29, 1.82) is 0 Å². The van der Waals surface area contributed by atoms with E-state index in [0.717, 1.165) is 5.69 Å². The van der Waals surface area contributed by atoms with E-state index >= 15 is 0 Å². The summed E-state index contributed by atoms with van der Waals surface area (Å²) in [6, 6.07) is 8.75. The van der Waals surface area contributed by atoms with Gasteiger partial charge in [-0.3, -0.25) is 14.9 Å². The summed E-state index contributed by atoms with van der Waals surface area (Å²) in [6.45, 7) is 3.09. The highest BCUT2D eigenvalue weighted by Gasteiger charge is 2.08. The molecule has 156 valence electrons. The van der Waals surface area contributed by atoms with E-state index in [1.165, 1.54) is 18.3 Å². The molecule has 0 bridgehead atoms. The molecule has 1 heterocycles. The molecule has 0 fully saturated rings. The average Bonchev–Trinajstić information content (AvgIpc) is 3.13. The van der Waals surface area contributed by atoms with Gasteiger partial charge in [-0.15, -0.1) is 11.3 Å². The zero-order chi connectivity index (χ0) is 20.9. The van der Waals surface area contributed by atoms with Gasteiger partial charge in [0.25, 0.3) is 0 Å².